The molecule has 142 valence electrons. The molecule has 0 radical (unpaired) electrons. The molecular weight excluding hydrogens is 348 g/mol. The minimum absolute atomic E-state index is 0.288. The van der Waals surface area contributed by atoms with Gasteiger partial charge in [-0.25, -0.2) is 9.59 Å². The van der Waals surface area contributed by atoms with Gasteiger partial charge in [0.25, 0.3) is 5.91 Å². The highest BCUT2D eigenvalue weighted by Gasteiger charge is 2.27. The van der Waals surface area contributed by atoms with Crippen LogP contribution in [-0.4, -0.2) is 31.6 Å². The summed E-state index contributed by atoms with van der Waals surface area (Å²) in [6.45, 7) is 2.44. The van der Waals surface area contributed by atoms with Crippen LogP contribution in [0.4, 0.5) is 4.79 Å². The van der Waals surface area contributed by atoms with Crippen molar-refractivity contribution in [2.45, 2.75) is 19.6 Å². The number of ether oxygens (including phenoxy) is 2. The number of rotatable bonds is 7. The molecule has 0 aliphatic carbocycles. The van der Waals surface area contributed by atoms with E-state index in [2.05, 4.69) is 10.6 Å². The molecule has 2 aromatic carbocycles. The molecular formula is C20H22N2O5. The Bertz CT molecular complexity index is 792. The van der Waals surface area contributed by atoms with Crippen molar-refractivity contribution in [2.75, 3.05) is 13.7 Å². The van der Waals surface area contributed by atoms with E-state index < -0.39 is 24.0 Å². The van der Waals surface area contributed by atoms with E-state index in [4.69, 9.17) is 9.47 Å². The lowest BCUT2D eigenvalue weighted by molar-refractivity contribution is -0.129. The number of hydrogen-bond donors (Lipinski definition) is 2. The molecule has 0 unspecified atom stereocenters. The molecule has 7 nitrogen and oxygen atoms in total. The average molecular weight is 370 g/mol. The summed E-state index contributed by atoms with van der Waals surface area (Å²) < 4.78 is 10.5. The molecule has 1 atom stereocenters. The van der Waals surface area contributed by atoms with Crippen molar-refractivity contribution in [1.82, 2.24) is 10.6 Å². The van der Waals surface area contributed by atoms with E-state index in [-0.39, 0.29) is 5.56 Å². The van der Waals surface area contributed by atoms with Gasteiger partial charge in [-0.05, 0) is 24.6 Å². The highest BCUT2D eigenvalue weighted by molar-refractivity contribution is 5.99. The second-order valence-corrected chi connectivity index (χ2v) is 5.68. The van der Waals surface area contributed by atoms with Crippen LogP contribution in [0.2, 0.25) is 0 Å². The Balaban J connectivity index is 2.21. The predicted octanol–water partition coefficient (Wildman–Crippen LogP) is 2.58. The predicted molar refractivity (Wildman–Crippen MR) is 99.0 cm³/mol. The smallest absolute Gasteiger partial charge is 0.339 e. The molecule has 2 aromatic rings. The highest BCUT2D eigenvalue weighted by Crippen LogP contribution is 2.20. The second-order valence-electron chi connectivity index (χ2n) is 5.68. The van der Waals surface area contributed by atoms with E-state index in [0.717, 1.165) is 5.56 Å². The number of amides is 3. The van der Waals surface area contributed by atoms with Gasteiger partial charge >= 0.3 is 12.0 Å². The Labute approximate surface area is 157 Å². The van der Waals surface area contributed by atoms with Crippen molar-refractivity contribution in [3.63, 3.8) is 0 Å². The van der Waals surface area contributed by atoms with Crippen molar-refractivity contribution < 1.29 is 23.9 Å². The first kappa shape index (κ1) is 20.1. The number of carbonyl (C=O) groups excluding carboxylic acids is 3. The topological polar surface area (TPSA) is 93.7 Å². The summed E-state index contributed by atoms with van der Waals surface area (Å²) in [7, 11) is 1.56. The molecule has 0 saturated heterocycles. The van der Waals surface area contributed by atoms with Crippen LogP contribution in [0.3, 0.4) is 0 Å². The lowest BCUT2D eigenvalue weighted by Crippen LogP contribution is -2.42. The molecule has 0 aliphatic heterocycles. The van der Waals surface area contributed by atoms with Gasteiger partial charge in [0.05, 0.1) is 12.2 Å². The van der Waals surface area contributed by atoms with Crippen LogP contribution in [0.1, 0.15) is 34.5 Å². The van der Waals surface area contributed by atoms with E-state index in [1.54, 1.807) is 62.6 Å². The highest BCUT2D eigenvalue weighted by atomic mass is 16.5. The zero-order chi connectivity index (χ0) is 19.6. The Morgan fingerprint density at radius 2 is 1.78 bits per heavy atom. The minimum Gasteiger partial charge on any atom is -0.444 e. The van der Waals surface area contributed by atoms with Gasteiger partial charge in [-0.2, -0.15) is 0 Å². The van der Waals surface area contributed by atoms with Crippen molar-refractivity contribution in [2.24, 2.45) is 0 Å². The van der Waals surface area contributed by atoms with Gasteiger partial charge in [-0.15, -0.1) is 0 Å². The molecule has 0 heterocycles. The molecule has 0 saturated carbocycles. The molecule has 0 aromatic heterocycles. The van der Waals surface area contributed by atoms with Crippen LogP contribution >= 0.6 is 0 Å². The van der Waals surface area contributed by atoms with Gasteiger partial charge in [-0.1, -0.05) is 42.5 Å². The molecule has 27 heavy (non-hydrogen) atoms. The minimum atomic E-state index is -1.26. The maximum atomic E-state index is 12.6. The zero-order valence-corrected chi connectivity index (χ0v) is 15.2. The van der Waals surface area contributed by atoms with E-state index in [1.807, 2.05) is 6.07 Å². The maximum absolute atomic E-state index is 12.6. The molecule has 2 rings (SSSR count). The average Bonchev–Trinajstić information content (AvgIpc) is 2.67. The molecule has 2 N–H and O–H groups in total. The van der Waals surface area contributed by atoms with Crippen LogP contribution in [0.25, 0.3) is 0 Å². The van der Waals surface area contributed by atoms with Gasteiger partial charge in [0.2, 0.25) is 6.10 Å². The maximum Gasteiger partial charge on any atom is 0.339 e. The van der Waals surface area contributed by atoms with E-state index >= 15 is 0 Å². The summed E-state index contributed by atoms with van der Waals surface area (Å²) in [6, 6.07) is 14.6. The van der Waals surface area contributed by atoms with Gasteiger partial charge in [0.1, 0.15) is 0 Å². The number of esters is 1. The summed E-state index contributed by atoms with van der Waals surface area (Å²) in [5.74, 6) is -1.40. The number of benzene rings is 2. The normalized spacial score (nSPS) is 11.3. The van der Waals surface area contributed by atoms with E-state index in [0.29, 0.717) is 18.7 Å². The van der Waals surface area contributed by atoms with Crippen LogP contribution in [0.15, 0.2) is 54.6 Å². The fourth-order valence-electron chi connectivity index (χ4n) is 2.41. The number of hydrogen-bond acceptors (Lipinski definition) is 5. The fourth-order valence-corrected chi connectivity index (χ4v) is 2.41. The first-order chi connectivity index (χ1) is 13.0. The third-order valence-corrected chi connectivity index (χ3v) is 3.61. The summed E-state index contributed by atoms with van der Waals surface area (Å²) in [4.78, 5) is 36.7. The fraction of sp³-hybridized carbons (Fsp3) is 0.250. The van der Waals surface area contributed by atoms with Crippen LogP contribution in [0, 0.1) is 0 Å². The SMILES string of the molecule is CCNC(=O)NC(=O)[C@H](OC(=O)c1cccc(COC)c1)c1ccccc1. The van der Waals surface area contributed by atoms with Crippen LogP contribution in [0.5, 0.6) is 0 Å². The number of imide groups is 1. The number of carbonyl (C=O) groups is 3. The Morgan fingerprint density at radius 3 is 2.44 bits per heavy atom. The molecule has 0 bridgehead atoms. The summed E-state index contributed by atoms with van der Waals surface area (Å²) in [5, 5.41) is 4.65. The number of urea groups is 1. The van der Waals surface area contributed by atoms with Gasteiger partial charge in [-0.3, -0.25) is 10.1 Å². The summed E-state index contributed by atoms with van der Waals surface area (Å²) in [6.07, 6.45) is -1.26. The van der Waals surface area contributed by atoms with E-state index in [9.17, 15) is 14.4 Å². The van der Waals surface area contributed by atoms with E-state index in [1.165, 1.54) is 0 Å². The summed E-state index contributed by atoms with van der Waals surface area (Å²) in [5.41, 5.74) is 1.55. The third kappa shape index (κ3) is 5.93. The van der Waals surface area contributed by atoms with Gasteiger partial charge in [0.15, 0.2) is 0 Å². The van der Waals surface area contributed by atoms with Crippen molar-refractivity contribution in [1.29, 1.82) is 0 Å². The van der Waals surface area contributed by atoms with Crippen molar-refractivity contribution in [3.8, 4) is 0 Å². The Morgan fingerprint density at radius 1 is 1.04 bits per heavy atom. The van der Waals surface area contributed by atoms with Crippen LogP contribution in [-0.2, 0) is 20.9 Å². The molecule has 0 spiro atoms. The largest absolute Gasteiger partial charge is 0.444 e. The molecule has 0 fully saturated rings. The Hall–Kier alpha value is -3.19. The Kier molecular flexibility index (Phi) is 7.51. The lowest BCUT2D eigenvalue weighted by Gasteiger charge is -2.18. The van der Waals surface area contributed by atoms with Crippen molar-refractivity contribution >= 4 is 17.9 Å². The van der Waals surface area contributed by atoms with Crippen molar-refractivity contribution in [3.05, 3.63) is 71.3 Å². The number of methoxy groups -OCH3 is 1. The standard InChI is InChI=1S/C20H22N2O5/c1-3-21-20(25)22-18(23)17(15-9-5-4-6-10-15)27-19(24)16-11-7-8-14(12-16)13-26-2/h4-12,17H,3,13H2,1-2H3,(H2,21,22,23,25)/t17-/m1/s1. The molecule has 0 aliphatic rings. The first-order valence-electron chi connectivity index (χ1n) is 8.47. The van der Waals surface area contributed by atoms with Gasteiger partial charge in [0, 0.05) is 19.2 Å². The second kappa shape index (κ2) is 10.1. The quantitative estimate of drug-likeness (QED) is 0.731. The third-order valence-electron chi connectivity index (χ3n) is 3.61. The van der Waals surface area contributed by atoms with Gasteiger partial charge < -0.3 is 14.8 Å². The molecule has 7 heteroatoms. The summed E-state index contributed by atoms with van der Waals surface area (Å²) >= 11 is 0. The number of nitrogens with one attached hydrogen (secondary N) is 2. The first-order valence-corrected chi connectivity index (χ1v) is 8.47. The monoisotopic (exact) mass is 370 g/mol. The zero-order valence-electron chi connectivity index (χ0n) is 15.2. The lowest BCUT2D eigenvalue weighted by atomic mass is 10.1. The molecule has 3 amide bonds. The van der Waals surface area contributed by atoms with Crippen LogP contribution < -0.4 is 10.6 Å².